The Morgan fingerprint density at radius 1 is 1.16 bits per heavy atom. The van der Waals surface area contributed by atoms with Gasteiger partial charge in [-0.3, -0.25) is 4.90 Å². The van der Waals surface area contributed by atoms with Gasteiger partial charge >= 0.3 is 6.03 Å². The third kappa shape index (κ3) is 4.69. The van der Waals surface area contributed by atoms with Crippen LogP contribution < -0.4 is 5.32 Å². The van der Waals surface area contributed by atoms with Crippen LogP contribution in [0.5, 0.6) is 0 Å². The van der Waals surface area contributed by atoms with Crippen LogP contribution in [0.4, 0.5) is 4.79 Å². The van der Waals surface area contributed by atoms with Crippen LogP contribution in [0.3, 0.4) is 0 Å². The molecule has 1 N–H and O–H groups in total. The van der Waals surface area contributed by atoms with E-state index in [-0.39, 0.29) is 6.03 Å². The molecule has 0 saturated carbocycles. The van der Waals surface area contributed by atoms with Gasteiger partial charge in [0.05, 0.1) is 11.6 Å². The van der Waals surface area contributed by atoms with Crippen LogP contribution in [0.2, 0.25) is 5.02 Å². The van der Waals surface area contributed by atoms with Crippen LogP contribution in [0.15, 0.2) is 64.8 Å². The number of benzene rings is 2. The maximum atomic E-state index is 13.0. The Morgan fingerprint density at radius 3 is 2.62 bits per heavy atom. The number of nitrogens with zero attached hydrogens (tertiary/aromatic N) is 3. The van der Waals surface area contributed by atoms with Gasteiger partial charge in [-0.2, -0.15) is 4.98 Å². The first kappa shape index (κ1) is 22.0. The zero-order chi connectivity index (χ0) is 22.5. The molecule has 0 saturated heterocycles. The molecule has 32 heavy (non-hydrogen) atoms. The summed E-state index contributed by atoms with van der Waals surface area (Å²) in [6, 6.07) is 16.4. The second kappa shape index (κ2) is 9.97. The van der Waals surface area contributed by atoms with Crippen molar-refractivity contribution in [2.24, 2.45) is 0 Å². The Morgan fingerprint density at radius 2 is 1.91 bits per heavy atom. The number of halogens is 1. The number of urea groups is 1. The molecule has 8 heteroatoms. The van der Waals surface area contributed by atoms with Gasteiger partial charge in [-0.25, -0.2) is 4.79 Å². The van der Waals surface area contributed by atoms with Gasteiger partial charge < -0.3 is 14.6 Å². The number of hydrogen-bond donors (Lipinski definition) is 1. The van der Waals surface area contributed by atoms with Gasteiger partial charge in [0.25, 0.3) is 5.89 Å². The number of carbonyl (C=O) groups excluding carboxylic acids is 1. The minimum absolute atomic E-state index is 0.175. The van der Waals surface area contributed by atoms with Crippen molar-refractivity contribution in [1.29, 1.82) is 0 Å². The van der Waals surface area contributed by atoms with Crippen molar-refractivity contribution in [3.63, 3.8) is 0 Å². The van der Waals surface area contributed by atoms with E-state index in [0.717, 1.165) is 28.8 Å². The van der Waals surface area contributed by atoms with E-state index in [1.807, 2.05) is 56.3 Å². The van der Waals surface area contributed by atoms with E-state index >= 15 is 0 Å². The van der Waals surface area contributed by atoms with Gasteiger partial charge in [0.1, 0.15) is 0 Å². The Labute approximate surface area is 192 Å². The summed E-state index contributed by atoms with van der Waals surface area (Å²) in [6.07, 6.45) is 0.719. The van der Waals surface area contributed by atoms with Crippen LogP contribution in [0.1, 0.15) is 37.8 Å². The van der Waals surface area contributed by atoms with Crippen molar-refractivity contribution in [3.05, 3.63) is 76.8 Å². The third-order valence-electron chi connectivity index (χ3n) is 5.36. The number of hydrogen-bond acceptors (Lipinski definition) is 5. The summed E-state index contributed by atoms with van der Waals surface area (Å²) in [5.41, 5.74) is 3.27. The van der Waals surface area contributed by atoms with Gasteiger partial charge in [-0.15, -0.1) is 0 Å². The van der Waals surface area contributed by atoms with E-state index in [1.165, 1.54) is 0 Å². The zero-order valence-corrected chi connectivity index (χ0v) is 18.8. The monoisotopic (exact) mass is 452 g/mol. The smallest absolute Gasteiger partial charge is 0.322 e. The van der Waals surface area contributed by atoms with Crippen LogP contribution in [0, 0.1) is 0 Å². The zero-order valence-electron chi connectivity index (χ0n) is 18.0. The summed E-state index contributed by atoms with van der Waals surface area (Å²) in [5, 5.41) is 7.89. The first-order valence-corrected chi connectivity index (χ1v) is 11.0. The molecule has 0 radical (unpaired) electrons. The molecule has 1 atom stereocenters. The van der Waals surface area contributed by atoms with Gasteiger partial charge in [0.2, 0.25) is 5.82 Å². The average Bonchev–Trinajstić information content (AvgIpc) is 3.29. The van der Waals surface area contributed by atoms with Crippen molar-refractivity contribution in [2.45, 2.75) is 26.3 Å². The van der Waals surface area contributed by atoms with E-state index in [4.69, 9.17) is 20.9 Å². The summed E-state index contributed by atoms with van der Waals surface area (Å²) in [7, 11) is 0. The van der Waals surface area contributed by atoms with E-state index in [2.05, 4.69) is 15.5 Å². The van der Waals surface area contributed by atoms with E-state index in [0.29, 0.717) is 36.5 Å². The Balaban J connectivity index is 1.73. The minimum Gasteiger partial charge on any atom is -0.382 e. The van der Waals surface area contributed by atoms with Crippen LogP contribution in [-0.2, 0) is 4.74 Å². The third-order valence-corrected chi connectivity index (χ3v) is 5.61. The molecule has 1 aromatic heterocycles. The highest BCUT2D eigenvalue weighted by Gasteiger charge is 2.35. The summed E-state index contributed by atoms with van der Waals surface area (Å²) in [5.74, 6) is 0.867. The topological polar surface area (TPSA) is 80.5 Å². The van der Waals surface area contributed by atoms with Crippen molar-refractivity contribution in [3.8, 4) is 11.4 Å². The average molecular weight is 453 g/mol. The molecule has 4 rings (SSSR count). The minimum atomic E-state index is -0.438. The number of amides is 2. The van der Waals surface area contributed by atoms with Crippen LogP contribution in [0.25, 0.3) is 17.0 Å². The standard InChI is InChI=1S/C24H25ClN4O3/c1-3-31-15-7-14-29-16(2)20(21(26-24(29)30)17-10-12-19(25)13-11-17)23-27-22(28-32-23)18-8-5-4-6-9-18/h4-6,8-13,21H,3,7,14-15H2,1-2H3,(H,26,30). The van der Waals surface area contributed by atoms with Crippen molar-refractivity contribution in [2.75, 3.05) is 19.8 Å². The Kier molecular flexibility index (Phi) is 6.87. The molecular weight excluding hydrogens is 428 g/mol. The van der Waals surface area contributed by atoms with Crippen molar-refractivity contribution in [1.82, 2.24) is 20.4 Å². The van der Waals surface area contributed by atoms with E-state index in [1.54, 1.807) is 17.0 Å². The van der Waals surface area contributed by atoms with Crippen molar-refractivity contribution >= 4 is 23.2 Å². The molecule has 166 valence electrons. The molecule has 3 aromatic rings. The first-order valence-electron chi connectivity index (χ1n) is 10.6. The first-order chi connectivity index (χ1) is 15.6. The Bertz CT molecular complexity index is 1100. The van der Waals surface area contributed by atoms with E-state index < -0.39 is 6.04 Å². The van der Waals surface area contributed by atoms with Crippen molar-refractivity contribution < 1.29 is 14.1 Å². The fourth-order valence-electron chi connectivity index (χ4n) is 3.74. The highest BCUT2D eigenvalue weighted by atomic mass is 35.5. The SMILES string of the molecule is CCOCCCN1C(=O)NC(c2ccc(Cl)cc2)C(c2nc(-c3ccccc3)no2)=C1C. The molecule has 2 heterocycles. The summed E-state index contributed by atoms with van der Waals surface area (Å²) >= 11 is 6.08. The second-order valence-corrected chi connectivity index (χ2v) is 7.86. The number of rotatable bonds is 8. The lowest BCUT2D eigenvalue weighted by atomic mass is 9.94. The van der Waals surface area contributed by atoms with Crippen LogP contribution in [-0.4, -0.2) is 40.8 Å². The fraction of sp³-hybridized carbons (Fsp3) is 0.292. The number of aromatic nitrogens is 2. The lowest BCUT2D eigenvalue weighted by molar-refractivity contribution is 0.136. The molecule has 0 aliphatic carbocycles. The normalized spacial score (nSPS) is 16.4. The maximum absolute atomic E-state index is 13.0. The van der Waals surface area contributed by atoms with Gasteiger partial charge in [-0.05, 0) is 38.0 Å². The molecular formula is C24H25ClN4O3. The van der Waals surface area contributed by atoms with E-state index in [9.17, 15) is 4.79 Å². The van der Waals surface area contributed by atoms with Gasteiger partial charge in [0.15, 0.2) is 0 Å². The second-order valence-electron chi connectivity index (χ2n) is 7.42. The predicted octanol–water partition coefficient (Wildman–Crippen LogP) is 5.31. The lowest BCUT2D eigenvalue weighted by Crippen LogP contribution is -2.46. The maximum Gasteiger partial charge on any atom is 0.322 e. The largest absolute Gasteiger partial charge is 0.382 e. The predicted molar refractivity (Wildman–Crippen MR) is 123 cm³/mol. The van der Waals surface area contributed by atoms with Gasteiger partial charge in [0, 0.05) is 36.0 Å². The van der Waals surface area contributed by atoms with Gasteiger partial charge in [-0.1, -0.05) is 59.2 Å². The lowest BCUT2D eigenvalue weighted by Gasteiger charge is -2.35. The molecule has 7 nitrogen and oxygen atoms in total. The number of ether oxygens (including phenoxy) is 1. The summed E-state index contributed by atoms with van der Waals surface area (Å²) < 4.78 is 11.1. The Hall–Kier alpha value is -3.16. The number of allylic oxidation sites excluding steroid dienone is 1. The molecule has 1 aliphatic rings. The molecule has 2 aromatic carbocycles. The highest BCUT2D eigenvalue weighted by molar-refractivity contribution is 6.30. The molecule has 0 bridgehead atoms. The van der Waals surface area contributed by atoms with Crippen LogP contribution >= 0.6 is 11.6 Å². The molecule has 1 unspecified atom stereocenters. The summed E-state index contributed by atoms with van der Waals surface area (Å²) in [4.78, 5) is 19.3. The highest BCUT2D eigenvalue weighted by Crippen LogP contribution is 2.37. The fourth-order valence-corrected chi connectivity index (χ4v) is 3.87. The summed E-state index contributed by atoms with van der Waals surface area (Å²) in [6.45, 7) is 5.61. The molecule has 1 aliphatic heterocycles. The molecule has 2 amide bonds. The quantitative estimate of drug-likeness (QED) is 0.468. The molecule has 0 fully saturated rings. The number of nitrogens with one attached hydrogen (secondary N) is 1. The molecule has 0 spiro atoms. The number of carbonyl (C=O) groups is 1.